The quantitative estimate of drug-likeness (QED) is 0.611. The number of aliphatic hydroxyl groups is 1. The number of nitrogens with one attached hydrogen (secondary N) is 1. The van der Waals surface area contributed by atoms with Gasteiger partial charge in [0, 0.05) is 43.3 Å². The van der Waals surface area contributed by atoms with E-state index in [1.54, 1.807) is 18.2 Å². The number of anilines is 1. The summed E-state index contributed by atoms with van der Waals surface area (Å²) in [7, 11) is 0. The number of rotatable bonds is 4. The Kier molecular flexibility index (Phi) is 8.22. The molecule has 31 heavy (non-hydrogen) atoms. The van der Waals surface area contributed by atoms with Gasteiger partial charge in [-0.2, -0.15) is 0 Å². The van der Waals surface area contributed by atoms with Crippen LogP contribution in [0.1, 0.15) is 55.9 Å². The molecule has 5 nitrogen and oxygen atoms in total. The predicted octanol–water partition coefficient (Wildman–Crippen LogP) is 5.37. The second-order valence-corrected chi connectivity index (χ2v) is 9.17. The van der Waals surface area contributed by atoms with Crippen molar-refractivity contribution in [3.8, 4) is 11.5 Å². The van der Waals surface area contributed by atoms with Crippen molar-refractivity contribution in [3.63, 3.8) is 0 Å². The molecule has 0 saturated carbocycles. The fourth-order valence-electron chi connectivity index (χ4n) is 4.16. The Bertz CT molecular complexity index is 845. The van der Waals surface area contributed by atoms with Gasteiger partial charge in [0.05, 0.1) is 6.10 Å². The van der Waals surface area contributed by atoms with Crippen LogP contribution in [0.3, 0.4) is 0 Å². The van der Waals surface area contributed by atoms with Crippen molar-refractivity contribution >= 4 is 5.69 Å². The molecule has 170 valence electrons. The van der Waals surface area contributed by atoms with Gasteiger partial charge in [0.15, 0.2) is 0 Å². The minimum Gasteiger partial charge on any atom is -0.508 e. The van der Waals surface area contributed by atoms with Gasteiger partial charge in [-0.15, -0.1) is 0 Å². The van der Waals surface area contributed by atoms with Gasteiger partial charge in [-0.3, -0.25) is 0 Å². The summed E-state index contributed by atoms with van der Waals surface area (Å²) in [6, 6.07) is 11.4. The van der Waals surface area contributed by atoms with Gasteiger partial charge >= 0.3 is 0 Å². The van der Waals surface area contributed by atoms with E-state index in [4.69, 9.17) is 9.47 Å². The monoisotopic (exact) mass is 427 g/mol. The molecule has 2 aliphatic rings. The average Bonchev–Trinajstić information content (AvgIpc) is 2.74. The summed E-state index contributed by atoms with van der Waals surface area (Å²) in [5, 5.41) is 23.0. The van der Waals surface area contributed by atoms with Crippen LogP contribution in [0.5, 0.6) is 11.5 Å². The van der Waals surface area contributed by atoms with Crippen LogP contribution in [0.4, 0.5) is 5.69 Å². The van der Waals surface area contributed by atoms with Gasteiger partial charge in [-0.25, -0.2) is 0 Å². The lowest BCUT2D eigenvalue weighted by molar-refractivity contribution is -0.0151. The first-order chi connectivity index (χ1) is 14.8. The van der Waals surface area contributed by atoms with Crippen molar-refractivity contribution in [1.82, 2.24) is 0 Å². The van der Waals surface area contributed by atoms with E-state index in [9.17, 15) is 10.2 Å². The zero-order valence-corrected chi connectivity index (χ0v) is 19.2. The second-order valence-electron chi connectivity index (χ2n) is 9.17. The summed E-state index contributed by atoms with van der Waals surface area (Å²) in [6.07, 6.45) is 2.09. The van der Waals surface area contributed by atoms with E-state index in [1.807, 2.05) is 0 Å². The Morgan fingerprint density at radius 1 is 1.06 bits per heavy atom. The van der Waals surface area contributed by atoms with Crippen molar-refractivity contribution in [2.75, 3.05) is 25.1 Å². The Morgan fingerprint density at radius 2 is 1.81 bits per heavy atom. The third kappa shape index (κ3) is 6.62. The lowest BCUT2D eigenvalue weighted by Gasteiger charge is -2.36. The molecule has 2 aromatic carbocycles. The third-order valence-corrected chi connectivity index (χ3v) is 5.96. The average molecular weight is 428 g/mol. The molecule has 5 heteroatoms. The molecule has 0 bridgehead atoms. The van der Waals surface area contributed by atoms with Gasteiger partial charge < -0.3 is 25.0 Å². The zero-order chi connectivity index (χ0) is 22.4. The van der Waals surface area contributed by atoms with E-state index in [0.29, 0.717) is 29.6 Å². The van der Waals surface area contributed by atoms with Crippen molar-refractivity contribution in [1.29, 1.82) is 0 Å². The largest absolute Gasteiger partial charge is 0.508 e. The number of phenolic OH excluding ortho intramolecular Hbond substituents is 1. The Balaban J connectivity index is 0.000000187. The molecular formula is C26H37NO4. The van der Waals surface area contributed by atoms with E-state index in [-0.39, 0.29) is 11.9 Å². The smallest absolute Gasteiger partial charge is 0.125 e. The highest BCUT2D eigenvalue weighted by molar-refractivity contribution is 5.51. The van der Waals surface area contributed by atoms with Crippen LogP contribution in [-0.2, 0) is 4.74 Å². The molecule has 4 rings (SSSR count). The summed E-state index contributed by atoms with van der Waals surface area (Å²) in [6.45, 7) is 11.3. The van der Waals surface area contributed by atoms with Crippen molar-refractivity contribution in [3.05, 3.63) is 53.1 Å². The molecule has 2 aromatic rings. The van der Waals surface area contributed by atoms with Gasteiger partial charge in [-0.1, -0.05) is 31.5 Å². The van der Waals surface area contributed by atoms with Crippen LogP contribution in [0.15, 0.2) is 36.4 Å². The molecule has 3 N–H and O–H groups in total. The standard InChI is InChI=1S/C14H18O4.C12H19N/c15-10-1-2-13-11(7-10)12(16)8-14(18-13)9-3-5-17-6-4-9;1-9(2)8-13-12-6-5-10(3)7-11(12)4/h1-2,7,9,12,14-16H,3-6,8H2;5-7,9,13H,8H2,1-4H3. The fourth-order valence-corrected chi connectivity index (χ4v) is 4.16. The van der Waals surface area contributed by atoms with Crippen LogP contribution < -0.4 is 10.1 Å². The van der Waals surface area contributed by atoms with E-state index in [0.717, 1.165) is 32.6 Å². The third-order valence-electron chi connectivity index (χ3n) is 5.96. The summed E-state index contributed by atoms with van der Waals surface area (Å²) < 4.78 is 11.3. The van der Waals surface area contributed by atoms with Gasteiger partial charge in [-0.05, 0) is 62.4 Å². The van der Waals surface area contributed by atoms with E-state index in [2.05, 4.69) is 51.2 Å². The predicted molar refractivity (Wildman–Crippen MR) is 125 cm³/mol. The molecule has 2 unspecified atom stereocenters. The van der Waals surface area contributed by atoms with E-state index < -0.39 is 6.10 Å². The topological polar surface area (TPSA) is 71.0 Å². The Hall–Kier alpha value is -2.24. The number of benzene rings is 2. The van der Waals surface area contributed by atoms with Crippen LogP contribution in [0.2, 0.25) is 0 Å². The Labute approximate surface area is 186 Å². The number of hydrogen-bond acceptors (Lipinski definition) is 5. The molecule has 1 saturated heterocycles. The number of fused-ring (bicyclic) bond motifs is 1. The molecule has 2 heterocycles. The normalized spacial score (nSPS) is 21.0. The zero-order valence-electron chi connectivity index (χ0n) is 19.2. The van der Waals surface area contributed by atoms with Crippen molar-refractivity contribution < 1.29 is 19.7 Å². The first-order valence-corrected chi connectivity index (χ1v) is 11.4. The van der Waals surface area contributed by atoms with E-state index in [1.165, 1.54) is 16.8 Å². The highest BCUT2D eigenvalue weighted by Crippen LogP contribution is 2.40. The minimum absolute atomic E-state index is 0.0564. The molecule has 0 amide bonds. The number of phenols is 1. The molecule has 2 aliphatic heterocycles. The lowest BCUT2D eigenvalue weighted by atomic mass is 9.87. The molecule has 0 aliphatic carbocycles. The van der Waals surface area contributed by atoms with Crippen LogP contribution in [-0.4, -0.2) is 36.1 Å². The molecule has 0 aromatic heterocycles. The summed E-state index contributed by atoms with van der Waals surface area (Å²) in [5.41, 5.74) is 4.62. The second kappa shape index (κ2) is 10.9. The maximum atomic E-state index is 10.2. The van der Waals surface area contributed by atoms with Gasteiger partial charge in [0.1, 0.15) is 17.6 Å². The molecule has 0 radical (unpaired) electrons. The molecule has 0 spiro atoms. The number of aromatic hydroxyl groups is 1. The number of aliphatic hydroxyl groups excluding tert-OH is 1. The number of aryl methyl sites for hydroxylation is 2. The van der Waals surface area contributed by atoms with Crippen molar-refractivity contribution in [2.45, 2.75) is 59.2 Å². The van der Waals surface area contributed by atoms with Crippen LogP contribution in [0, 0.1) is 25.7 Å². The van der Waals surface area contributed by atoms with Crippen molar-refractivity contribution in [2.24, 2.45) is 11.8 Å². The Morgan fingerprint density at radius 3 is 2.48 bits per heavy atom. The highest BCUT2D eigenvalue weighted by Gasteiger charge is 2.33. The maximum Gasteiger partial charge on any atom is 0.125 e. The first-order valence-electron chi connectivity index (χ1n) is 11.4. The van der Waals surface area contributed by atoms with Crippen LogP contribution in [0.25, 0.3) is 0 Å². The molecule has 1 fully saturated rings. The lowest BCUT2D eigenvalue weighted by Crippen LogP contribution is -2.36. The van der Waals surface area contributed by atoms with Crippen LogP contribution >= 0.6 is 0 Å². The minimum atomic E-state index is -0.548. The fraction of sp³-hybridized carbons (Fsp3) is 0.538. The first kappa shape index (κ1) is 23.4. The van der Waals surface area contributed by atoms with Gasteiger partial charge in [0.25, 0.3) is 0 Å². The number of hydrogen-bond donors (Lipinski definition) is 3. The molecular weight excluding hydrogens is 390 g/mol. The maximum absolute atomic E-state index is 10.2. The summed E-state index contributed by atoms with van der Waals surface area (Å²) in [5.74, 6) is 2.01. The van der Waals surface area contributed by atoms with E-state index >= 15 is 0 Å². The highest BCUT2D eigenvalue weighted by atomic mass is 16.5. The SMILES string of the molecule is Cc1ccc(NCC(C)C)c(C)c1.Oc1ccc2c(c1)C(O)CC(C1CCOCC1)O2. The van der Waals surface area contributed by atoms with Gasteiger partial charge in [0.2, 0.25) is 0 Å². The summed E-state index contributed by atoms with van der Waals surface area (Å²) >= 11 is 0. The molecule has 2 atom stereocenters. The number of ether oxygens (including phenoxy) is 2. The summed E-state index contributed by atoms with van der Waals surface area (Å²) in [4.78, 5) is 0.